The van der Waals surface area contributed by atoms with Crippen molar-refractivity contribution in [3.63, 3.8) is 0 Å². The van der Waals surface area contributed by atoms with Crippen LogP contribution in [-0.4, -0.2) is 21.7 Å². The molecule has 0 bridgehead atoms. The molecule has 2 N–H and O–H groups in total. The van der Waals surface area contributed by atoms with Crippen LogP contribution in [0.3, 0.4) is 0 Å². The fourth-order valence-electron chi connectivity index (χ4n) is 2.58. The Balaban J connectivity index is 1.99. The Bertz CT molecular complexity index is 599. The van der Waals surface area contributed by atoms with Crippen molar-refractivity contribution in [1.29, 1.82) is 0 Å². The molecule has 5 heteroatoms. The number of benzene rings is 1. The fourth-order valence-corrected chi connectivity index (χ4v) is 2.75. The number of nitrogens with zero attached hydrogens (tertiary/aromatic N) is 2. The fraction of sp³-hybridized carbons (Fsp3) is 0.429. The summed E-state index contributed by atoms with van der Waals surface area (Å²) in [7, 11) is 0. The third-order valence-electron chi connectivity index (χ3n) is 3.89. The molecule has 4 nitrogen and oxygen atoms in total. The third kappa shape index (κ3) is 2.15. The Morgan fingerprint density at radius 2 is 2.21 bits per heavy atom. The molecule has 0 saturated carbocycles. The molecule has 1 saturated heterocycles. The maximum atomic E-state index is 6.15. The van der Waals surface area contributed by atoms with E-state index < -0.39 is 0 Å². The minimum atomic E-state index is -0.0856. The molecule has 0 aliphatic carbocycles. The Morgan fingerprint density at radius 1 is 1.37 bits per heavy atom. The zero-order chi connectivity index (χ0) is 13.5. The molecule has 2 heterocycles. The summed E-state index contributed by atoms with van der Waals surface area (Å²) in [6, 6.07) is 5.81. The van der Waals surface area contributed by atoms with Gasteiger partial charge in [0, 0.05) is 10.6 Å². The van der Waals surface area contributed by atoms with Crippen LogP contribution in [0.1, 0.15) is 31.2 Å². The maximum absolute atomic E-state index is 6.15. The summed E-state index contributed by atoms with van der Waals surface area (Å²) in [5.41, 5.74) is 1.91. The highest BCUT2D eigenvalue weighted by atomic mass is 35.5. The molecule has 1 atom stereocenters. The lowest BCUT2D eigenvalue weighted by Crippen LogP contribution is -2.34. The molecule has 3 rings (SSSR count). The second-order valence-corrected chi connectivity index (χ2v) is 5.69. The van der Waals surface area contributed by atoms with Crippen molar-refractivity contribution in [3.05, 3.63) is 34.6 Å². The number of hydrogen-bond donors (Lipinski definition) is 2. The Kier molecular flexibility index (Phi) is 3.07. The molecule has 19 heavy (non-hydrogen) atoms. The zero-order valence-electron chi connectivity index (χ0n) is 11.1. The van der Waals surface area contributed by atoms with Crippen LogP contribution in [0.4, 0.5) is 0 Å². The normalized spacial score (nSPS) is 22.9. The molecule has 1 aliphatic rings. The molecule has 1 aromatic carbocycles. The van der Waals surface area contributed by atoms with Crippen molar-refractivity contribution in [2.24, 2.45) is 0 Å². The molecular formula is C14H17ClN4. The van der Waals surface area contributed by atoms with Gasteiger partial charge >= 0.3 is 0 Å². The van der Waals surface area contributed by atoms with E-state index in [0.29, 0.717) is 5.82 Å². The van der Waals surface area contributed by atoms with E-state index in [-0.39, 0.29) is 5.54 Å². The minimum absolute atomic E-state index is 0.0856. The van der Waals surface area contributed by atoms with E-state index in [9.17, 15) is 0 Å². The average Bonchev–Trinajstić information content (AvgIpc) is 3.02. The van der Waals surface area contributed by atoms with Crippen LogP contribution in [0.5, 0.6) is 0 Å². The molecule has 2 aromatic rings. The topological polar surface area (TPSA) is 53.6 Å². The average molecular weight is 277 g/mol. The highest BCUT2D eigenvalue weighted by molar-refractivity contribution is 6.31. The molecule has 1 unspecified atom stereocenters. The van der Waals surface area contributed by atoms with Crippen LogP contribution in [-0.2, 0) is 5.54 Å². The van der Waals surface area contributed by atoms with Gasteiger partial charge in [-0.1, -0.05) is 23.7 Å². The quantitative estimate of drug-likeness (QED) is 0.886. The number of halogens is 1. The largest absolute Gasteiger partial charge is 0.305 e. The summed E-state index contributed by atoms with van der Waals surface area (Å²) in [6.07, 6.45) is 2.25. The van der Waals surface area contributed by atoms with Crippen LogP contribution in [0.2, 0.25) is 5.02 Å². The van der Waals surface area contributed by atoms with E-state index in [4.69, 9.17) is 11.6 Å². The second-order valence-electron chi connectivity index (χ2n) is 5.28. The van der Waals surface area contributed by atoms with Crippen LogP contribution in [0, 0.1) is 6.92 Å². The highest BCUT2D eigenvalue weighted by Crippen LogP contribution is 2.30. The van der Waals surface area contributed by atoms with E-state index in [1.165, 1.54) is 6.42 Å². The zero-order valence-corrected chi connectivity index (χ0v) is 11.9. The molecular weight excluding hydrogens is 260 g/mol. The smallest absolute Gasteiger partial charge is 0.181 e. The maximum Gasteiger partial charge on any atom is 0.181 e. The Labute approximate surface area is 117 Å². The highest BCUT2D eigenvalue weighted by Gasteiger charge is 2.33. The van der Waals surface area contributed by atoms with Gasteiger partial charge < -0.3 is 5.32 Å². The number of aromatic amines is 1. The lowest BCUT2D eigenvalue weighted by Gasteiger charge is -2.20. The molecule has 1 aliphatic heterocycles. The number of H-pyrrole nitrogens is 1. The van der Waals surface area contributed by atoms with Crippen molar-refractivity contribution in [2.75, 3.05) is 6.54 Å². The molecule has 1 aromatic heterocycles. The summed E-state index contributed by atoms with van der Waals surface area (Å²) < 4.78 is 0. The monoisotopic (exact) mass is 276 g/mol. The van der Waals surface area contributed by atoms with E-state index in [1.807, 2.05) is 25.1 Å². The number of aromatic nitrogens is 3. The van der Waals surface area contributed by atoms with Gasteiger partial charge in [0.15, 0.2) is 5.82 Å². The van der Waals surface area contributed by atoms with E-state index in [2.05, 4.69) is 27.4 Å². The van der Waals surface area contributed by atoms with Gasteiger partial charge in [0.1, 0.15) is 5.82 Å². The lowest BCUT2D eigenvalue weighted by molar-refractivity contribution is 0.408. The van der Waals surface area contributed by atoms with Gasteiger partial charge in [-0.15, -0.1) is 0 Å². The van der Waals surface area contributed by atoms with Crippen molar-refractivity contribution in [1.82, 2.24) is 20.5 Å². The Hall–Kier alpha value is -1.39. The summed E-state index contributed by atoms with van der Waals surface area (Å²) in [6.45, 7) is 5.18. The molecule has 0 amide bonds. The number of hydrogen-bond acceptors (Lipinski definition) is 3. The van der Waals surface area contributed by atoms with E-state index in [1.54, 1.807) is 0 Å². The summed E-state index contributed by atoms with van der Waals surface area (Å²) in [5.74, 6) is 1.62. The first kappa shape index (κ1) is 12.6. The van der Waals surface area contributed by atoms with Crippen LogP contribution < -0.4 is 5.32 Å². The summed E-state index contributed by atoms with van der Waals surface area (Å²) in [4.78, 5) is 4.65. The third-order valence-corrected chi connectivity index (χ3v) is 4.29. The van der Waals surface area contributed by atoms with Crippen LogP contribution >= 0.6 is 11.6 Å². The predicted molar refractivity (Wildman–Crippen MR) is 76.2 cm³/mol. The second kappa shape index (κ2) is 4.62. The minimum Gasteiger partial charge on any atom is -0.305 e. The van der Waals surface area contributed by atoms with Crippen molar-refractivity contribution in [2.45, 2.75) is 32.2 Å². The first-order valence-corrected chi connectivity index (χ1v) is 6.91. The van der Waals surface area contributed by atoms with E-state index in [0.717, 1.165) is 34.9 Å². The molecule has 0 spiro atoms. The van der Waals surface area contributed by atoms with Gasteiger partial charge in [0.2, 0.25) is 0 Å². The van der Waals surface area contributed by atoms with Gasteiger partial charge in [-0.3, -0.25) is 5.10 Å². The lowest BCUT2D eigenvalue weighted by atomic mass is 10.00. The number of rotatable bonds is 2. The van der Waals surface area contributed by atoms with Crippen molar-refractivity contribution < 1.29 is 0 Å². The summed E-state index contributed by atoms with van der Waals surface area (Å²) >= 11 is 6.15. The molecule has 1 fully saturated rings. The SMILES string of the molecule is Cc1c(Cl)cccc1-c1n[nH]c(C2(C)CCCN2)n1. The van der Waals surface area contributed by atoms with Crippen LogP contribution in [0.25, 0.3) is 11.4 Å². The first-order chi connectivity index (χ1) is 9.10. The van der Waals surface area contributed by atoms with Crippen LogP contribution in [0.15, 0.2) is 18.2 Å². The Morgan fingerprint density at radius 3 is 2.95 bits per heavy atom. The standard InChI is InChI=1S/C14H17ClN4/c1-9-10(5-3-6-11(9)15)12-17-13(19-18-12)14(2)7-4-8-16-14/h3,5-6,16H,4,7-8H2,1-2H3,(H,17,18,19). The number of nitrogens with one attached hydrogen (secondary N) is 2. The van der Waals surface area contributed by atoms with E-state index >= 15 is 0 Å². The van der Waals surface area contributed by atoms with Crippen molar-refractivity contribution in [3.8, 4) is 11.4 Å². The van der Waals surface area contributed by atoms with Gasteiger partial charge in [-0.05, 0) is 44.9 Å². The summed E-state index contributed by atoms with van der Waals surface area (Å²) in [5, 5.41) is 11.6. The van der Waals surface area contributed by atoms with Gasteiger partial charge in [-0.2, -0.15) is 5.10 Å². The van der Waals surface area contributed by atoms with Gasteiger partial charge in [0.05, 0.1) is 5.54 Å². The van der Waals surface area contributed by atoms with Crippen molar-refractivity contribution >= 4 is 11.6 Å². The molecule has 100 valence electrons. The molecule has 0 radical (unpaired) electrons. The predicted octanol–water partition coefficient (Wildman–Crippen LogP) is 3.03. The van der Waals surface area contributed by atoms with Gasteiger partial charge in [-0.25, -0.2) is 4.98 Å². The van der Waals surface area contributed by atoms with Gasteiger partial charge in [0.25, 0.3) is 0 Å². The first-order valence-electron chi connectivity index (χ1n) is 6.53.